The van der Waals surface area contributed by atoms with Crippen LogP contribution in [0.4, 0.5) is 11.5 Å². The molecular weight excluding hydrogens is 426 g/mol. The van der Waals surface area contributed by atoms with Gasteiger partial charge in [0, 0.05) is 25.6 Å². The van der Waals surface area contributed by atoms with E-state index in [9.17, 15) is 4.79 Å². The fraction of sp³-hybridized carbons (Fsp3) is 0.556. The summed E-state index contributed by atoms with van der Waals surface area (Å²) in [4.78, 5) is 27.1. The van der Waals surface area contributed by atoms with E-state index in [0.717, 1.165) is 30.7 Å². The molecule has 0 unspecified atom stereocenters. The average Bonchev–Trinajstić information content (AvgIpc) is 2.82. The molecule has 0 spiro atoms. The van der Waals surface area contributed by atoms with E-state index in [0.29, 0.717) is 35.6 Å². The third kappa shape index (κ3) is 5.24. The summed E-state index contributed by atoms with van der Waals surface area (Å²) >= 11 is 0. The first-order valence-electron chi connectivity index (χ1n) is 12.5. The number of carbonyl (C=O) groups excluding carboxylic acids is 1. The fourth-order valence-corrected chi connectivity index (χ4v) is 5.18. The van der Waals surface area contributed by atoms with E-state index in [2.05, 4.69) is 41.2 Å². The second-order valence-electron chi connectivity index (χ2n) is 10.2. The summed E-state index contributed by atoms with van der Waals surface area (Å²) in [5.41, 5.74) is 9.12. The van der Waals surface area contributed by atoms with E-state index in [1.165, 1.54) is 37.6 Å². The number of amides is 1. The van der Waals surface area contributed by atoms with Crippen molar-refractivity contribution in [2.24, 2.45) is 10.9 Å². The van der Waals surface area contributed by atoms with Crippen LogP contribution >= 0.6 is 0 Å². The smallest absolute Gasteiger partial charge is 0.246 e. The van der Waals surface area contributed by atoms with Gasteiger partial charge in [-0.1, -0.05) is 31.2 Å². The second kappa shape index (κ2) is 10.1. The van der Waals surface area contributed by atoms with Gasteiger partial charge in [0.1, 0.15) is 11.9 Å². The molecule has 1 aliphatic heterocycles. The second-order valence-corrected chi connectivity index (χ2v) is 10.2. The zero-order chi connectivity index (χ0) is 24.3. The zero-order valence-corrected chi connectivity index (χ0v) is 20.9. The molecule has 182 valence electrons. The predicted molar refractivity (Wildman–Crippen MR) is 136 cm³/mol. The van der Waals surface area contributed by atoms with Crippen LogP contribution in [0.3, 0.4) is 0 Å². The molecule has 2 heterocycles. The van der Waals surface area contributed by atoms with Gasteiger partial charge in [-0.05, 0) is 69.8 Å². The lowest BCUT2D eigenvalue weighted by molar-refractivity contribution is -0.130. The van der Waals surface area contributed by atoms with Crippen LogP contribution in [-0.2, 0) is 4.79 Å². The number of benzene rings is 1. The molecule has 7 heteroatoms. The van der Waals surface area contributed by atoms with Crippen molar-refractivity contribution in [3.63, 3.8) is 0 Å². The SMILES string of the molecule is CCCN(C)C(=O)CCC1CCC(c2ccc(C3=Nc4c(N)ncnc4OC3(C)C)cc2)CC1. The van der Waals surface area contributed by atoms with E-state index >= 15 is 0 Å². The van der Waals surface area contributed by atoms with Crippen LogP contribution in [0.5, 0.6) is 5.88 Å². The van der Waals surface area contributed by atoms with Crippen LogP contribution in [0, 0.1) is 5.92 Å². The molecule has 0 saturated heterocycles. The summed E-state index contributed by atoms with van der Waals surface area (Å²) in [5, 5.41) is 0. The molecule has 7 nitrogen and oxygen atoms in total. The molecule has 1 fully saturated rings. The Morgan fingerprint density at radius 2 is 1.85 bits per heavy atom. The number of rotatable bonds is 7. The topological polar surface area (TPSA) is 93.7 Å². The highest BCUT2D eigenvalue weighted by molar-refractivity contribution is 6.09. The van der Waals surface area contributed by atoms with Gasteiger partial charge < -0.3 is 15.4 Å². The lowest BCUT2D eigenvalue weighted by Crippen LogP contribution is -2.41. The average molecular weight is 464 g/mol. The number of fused-ring (bicyclic) bond motifs is 1. The molecule has 1 aromatic heterocycles. The van der Waals surface area contributed by atoms with Crippen molar-refractivity contribution in [1.29, 1.82) is 0 Å². The van der Waals surface area contributed by atoms with Gasteiger partial charge in [-0.25, -0.2) is 9.98 Å². The summed E-state index contributed by atoms with van der Waals surface area (Å²) in [6, 6.07) is 8.72. The molecule has 34 heavy (non-hydrogen) atoms. The van der Waals surface area contributed by atoms with Crippen molar-refractivity contribution >= 4 is 23.1 Å². The maximum atomic E-state index is 12.2. The molecule has 0 radical (unpaired) electrons. The quantitative estimate of drug-likeness (QED) is 0.603. The van der Waals surface area contributed by atoms with Gasteiger partial charge in [-0.2, -0.15) is 4.98 Å². The minimum atomic E-state index is -0.615. The minimum absolute atomic E-state index is 0.285. The molecule has 2 aliphatic rings. The number of anilines is 1. The van der Waals surface area contributed by atoms with Gasteiger partial charge in [-0.15, -0.1) is 0 Å². The maximum Gasteiger partial charge on any atom is 0.246 e. The molecule has 4 rings (SSSR count). The Labute approximate surface area is 202 Å². The van der Waals surface area contributed by atoms with Crippen LogP contribution in [0.1, 0.15) is 82.8 Å². The number of carbonyl (C=O) groups is 1. The lowest BCUT2D eigenvalue weighted by atomic mass is 9.77. The number of hydrogen-bond acceptors (Lipinski definition) is 6. The Hall–Kier alpha value is -2.96. The van der Waals surface area contributed by atoms with Crippen LogP contribution in [0.25, 0.3) is 0 Å². The predicted octanol–water partition coefficient (Wildman–Crippen LogP) is 5.27. The van der Waals surface area contributed by atoms with Crippen molar-refractivity contribution < 1.29 is 9.53 Å². The number of ether oxygens (including phenoxy) is 1. The van der Waals surface area contributed by atoms with Crippen molar-refractivity contribution in [3.05, 3.63) is 41.7 Å². The van der Waals surface area contributed by atoms with Gasteiger partial charge in [0.2, 0.25) is 11.8 Å². The number of aliphatic imine (C=N–C) groups is 1. The molecule has 0 atom stereocenters. The minimum Gasteiger partial charge on any atom is -0.463 e. The number of nitrogen functional groups attached to an aromatic ring is 1. The largest absolute Gasteiger partial charge is 0.463 e. The van der Waals surface area contributed by atoms with Gasteiger partial charge in [0.15, 0.2) is 11.5 Å². The van der Waals surface area contributed by atoms with E-state index in [1.54, 1.807) is 0 Å². The van der Waals surface area contributed by atoms with Crippen LogP contribution in [0.2, 0.25) is 0 Å². The Balaban J connectivity index is 1.37. The molecule has 1 amide bonds. The standard InChI is InChI=1S/C27H37N5O2/c1-5-16-32(4)22(33)15-8-18-6-9-19(10-7-18)20-11-13-21(14-12-20)24-27(2,3)34-26-23(31-24)25(28)29-17-30-26/h11-14,17-19H,5-10,15-16H2,1-4H3,(H2,28,29,30). The molecule has 2 aromatic rings. The van der Waals surface area contributed by atoms with Crippen molar-refractivity contribution in [1.82, 2.24) is 14.9 Å². The summed E-state index contributed by atoms with van der Waals surface area (Å²) in [5.74, 6) is 2.27. The van der Waals surface area contributed by atoms with Crippen LogP contribution < -0.4 is 10.5 Å². The lowest BCUT2D eigenvalue weighted by Gasteiger charge is -2.32. The highest BCUT2D eigenvalue weighted by Gasteiger charge is 2.35. The molecule has 1 saturated carbocycles. The monoisotopic (exact) mass is 463 g/mol. The number of hydrogen-bond donors (Lipinski definition) is 1. The summed E-state index contributed by atoms with van der Waals surface area (Å²) in [6.45, 7) is 6.95. The normalized spacial score (nSPS) is 21.2. The Bertz CT molecular complexity index is 1040. The van der Waals surface area contributed by atoms with Crippen LogP contribution in [-0.4, -0.2) is 45.7 Å². The summed E-state index contributed by atoms with van der Waals surface area (Å²) < 4.78 is 6.10. The Morgan fingerprint density at radius 3 is 2.53 bits per heavy atom. The van der Waals surface area contributed by atoms with Gasteiger partial charge in [0.25, 0.3) is 0 Å². The van der Waals surface area contributed by atoms with E-state index < -0.39 is 5.60 Å². The number of nitrogens with zero attached hydrogens (tertiary/aromatic N) is 4. The summed E-state index contributed by atoms with van der Waals surface area (Å²) in [7, 11) is 1.92. The Kier molecular flexibility index (Phi) is 7.19. The third-order valence-electron chi connectivity index (χ3n) is 7.22. The van der Waals surface area contributed by atoms with E-state index in [1.807, 2.05) is 25.8 Å². The third-order valence-corrected chi connectivity index (χ3v) is 7.22. The Morgan fingerprint density at radius 1 is 1.15 bits per heavy atom. The van der Waals surface area contributed by atoms with Gasteiger partial charge in [-0.3, -0.25) is 4.79 Å². The highest BCUT2D eigenvalue weighted by atomic mass is 16.5. The molecule has 1 aliphatic carbocycles. The number of aromatic nitrogens is 2. The highest BCUT2D eigenvalue weighted by Crippen LogP contribution is 2.40. The van der Waals surface area contributed by atoms with E-state index in [4.69, 9.17) is 15.5 Å². The molecular formula is C27H37N5O2. The molecule has 2 N–H and O–H groups in total. The summed E-state index contributed by atoms with van der Waals surface area (Å²) in [6.07, 6.45) is 8.86. The van der Waals surface area contributed by atoms with Gasteiger partial charge >= 0.3 is 0 Å². The molecule has 0 bridgehead atoms. The van der Waals surface area contributed by atoms with Crippen LogP contribution in [0.15, 0.2) is 35.6 Å². The maximum absolute atomic E-state index is 12.2. The number of nitrogens with two attached hydrogens (primary N) is 1. The first kappa shape index (κ1) is 24.2. The van der Waals surface area contributed by atoms with E-state index in [-0.39, 0.29) is 5.91 Å². The van der Waals surface area contributed by atoms with Crippen molar-refractivity contribution in [3.8, 4) is 5.88 Å². The molecule has 1 aromatic carbocycles. The van der Waals surface area contributed by atoms with Crippen molar-refractivity contribution in [2.75, 3.05) is 19.3 Å². The van der Waals surface area contributed by atoms with Crippen molar-refractivity contribution in [2.45, 2.75) is 77.2 Å². The first-order valence-corrected chi connectivity index (χ1v) is 12.5. The fourth-order valence-electron chi connectivity index (χ4n) is 5.18. The van der Waals surface area contributed by atoms with Gasteiger partial charge in [0.05, 0.1) is 5.71 Å². The first-order chi connectivity index (χ1) is 16.3. The zero-order valence-electron chi connectivity index (χ0n) is 20.9.